The second kappa shape index (κ2) is 9.95. The van der Waals surface area contributed by atoms with E-state index in [0.29, 0.717) is 24.5 Å². The van der Waals surface area contributed by atoms with Gasteiger partial charge >= 0.3 is 0 Å². The zero-order valence-electron chi connectivity index (χ0n) is 15.1. The lowest BCUT2D eigenvalue weighted by molar-refractivity contribution is -0.111. The molecule has 0 radical (unpaired) electrons. The van der Waals surface area contributed by atoms with E-state index < -0.39 is 0 Å². The van der Waals surface area contributed by atoms with E-state index in [0.717, 1.165) is 23.2 Å². The molecular weight excluding hydrogens is 326 g/mol. The van der Waals surface area contributed by atoms with Crippen molar-refractivity contribution >= 4 is 17.7 Å². The largest absolute Gasteiger partial charge is 0.493 e. The van der Waals surface area contributed by atoms with Gasteiger partial charge in [-0.3, -0.25) is 4.79 Å². The smallest absolute Gasteiger partial charge is 0.248 e. The summed E-state index contributed by atoms with van der Waals surface area (Å²) in [4.78, 5) is 12.1. The van der Waals surface area contributed by atoms with Crippen LogP contribution < -0.4 is 14.8 Å². The van der Waals surface area contributed by atoms with E-state index in [1.807, 2.05) is 49.4 Å². The molecule has 2 aromatic rings. The number of carbonyl (C=O) groups is 1. The van der Waals surface area contributed by atoms with Crippen LogP contribution in [0.1, 0.15) is 24.0 Å². The number of methoxy groups -OCH3 is 1. The van der Waals surface area contributed by atoms with Crippen molar-refractivity contribution in [3.05, 3.63) is 59.7 Å². The maximum Gasteiger partial charge on any atom is 0.248 e. The molecule has 2 aromatic carbocycles. The van der Waals surface area contributed by atoms with Gasteiger partial charge in [-0.15, -0.1) is 12.3 Å². The van der Waals surface area contributed by atoms with Gasteiger partial charge in [0.15, 0.2) is 11.5 Å². The molecule has 26 heavy (non-hydrogen) atoms. The van der Waals surface area contributed by atoms with Gasteiger partial charge in [0.25, 0.3) is 0 Å². The number of ether oxygens (including phenoxy) is 2. The summed E-state index contributed by atoms with van der Waals surface area (Å²) in [5.74, 6) is 3.67. The molecule has 2 rings (SSSR count). The Hall–Kier alpha value is -3.19. The van der Waals surface area contributed by atoms with Crippen molar-refractivity contribution in [1.82, 2.24) is 0 Å². The van der Waals surface area contributed by atoms with Gasteiger partial charge in [0, 0.05) is 18.2 Å². The number of terminal acetylenes is 1. The first-order chi connectivity index (χ1) is 12.6. The number of benzene rings is 2. The van der Waals surface area contributed by atoms with Crippen LogP contribution in [0.3, 0.4) is 0 Å². The molecule has 0 aliphatic rings. The fourth-order valence-corrected chi connectivity index (χ4v) is 2.33. The first-order valence-electron chi connectivity index (χ1n) is 8.43. The molecule has 0 aliphatic heterocycles. The number of hydrogen-bond acceptors (Lipinski definition) is 3. The van der Waals surface area contributed by atoms with Gasteiger partial charge in [-0.25, -0.2) is 0 Å². The van der Waals surface area contributed by atoms with Gasteiger partial charge in [-0.2, -0.15) is 0 Å². The minimum Gasteiger partial charge on any atom is -0.493 e. The van der Waals surface area contributed by atoms with Crippen LogP contribution in [0.2, 0.25) is 0 Å². The molecule has 0 aliphatic carbocycles. The molecule has 0 atom stereocenters. The van der Waals surface area contributed by atoms with Crippen LogP contribution in [-0.2, 0) is 4.79 Å². The number of anilines is 1. The van der Waals surface area contributed by atoms with Crippen molar-refractivity contribution in [2.45, 2.75) is 19.8 Å². The van der Waals surface area contributed by atoms with Crippen molar-refractivity contribution in [2.75, 3.05) is 19.0 Å². The van der Waals surface area contributed by atoms with Gasteiger partial charge in [0.1, 0.15) is 0 Å². The molecule has 0 fully saturated rings. The second-order valence-electron chi connectivity index (χ2n) is 5.70. The number of aryl methyl sites for hydroxylation is 1. The summed E-state index contributed by atoms with van der Waals surface area (Å²) in [5, 5.41) is 2.87. The highest BCUT2D eigenvalue weighted by Gasteiger charge is 2.05. The highest BCUT2D eigenvalue weighted by Crippen LogP contribution is 2.28. The topological polar surface area (TPSA) is 47.6 Å². The van der Waals surface area contributed by atoms with Crippen LogP contribution in [-0.4, -0.2) is 19.6 Å². The Morgan fingerprint density at radius 1 is 1.23 bits per heavy atom. The molecule has 0 spiro atoms. The number of nitrogens with one attached hydrogen (secondary N) is 1. The molecule has 0 saturated heterocycles. The molecule has 4 nitrogen and oxygen atoms in total. The van der Waals surface area contributed by atoms with E-state index >= 15 is 0 Å². The lowest BCUT2D eigenvalue weighted by Crippen LogP contribution is -2.08. The third kappa shape index (κ3) is 5.71. The zero-order valence-corrected chi connectivity index (χ0v) is 15.1. The number of hydrogen-bond donors (Lipinski definition) is 1. The molecule has 4 heteroatoms. The van der Waals surface area contributed by atoms with E-state index in [1.165, 1.54) is 6.08 Å². The van der Waals surface area contributed by atoms with Crippen LogP contribution in [0, 0.1) is 19.3 Å². The number of carbonyl (C=O) groups excluding carboxylic acids is 1. The van der Waals surface area contributed by atoms with Gasteiger partial charge < -0.3 is 14.8 Å². The van der Waals surface area contributed by atoms with Crippen LogP contribution in [0.15, 0.2) is 48.5 Å². The lowest BCUT2D eigenvalue weighted by Gasteiger charge is -2.11. The number of para-hydroxylation sites is 1. The number of unbranched alkanes of at least 4 members (excludes halogenated alkanes) is 1. The maximum absolute atomic E-state index is 12.1. The predicted octanol–water partition coefficient (Wildman–Crippen LogP) is 4.45. The summed E-state index contributed by atoms with van der Waals surface area (Å²) < 4.78 is 11.0. The maximum atomic E-state index is 12.1. The molecular formula is C22H23NO3. The Kier molecular flexibility index (Phi) is 7.32. The van der Waals surface area contributed by atoms with Crippen LogP contribution in [0.4, 0.5) is 5.69 Å². The summed E-state index contributed by atoms with van der Waals surface area (Å²) in [6.07, 6.45) is 9.92. The SMILES string of the molecule is C#CCCCOc1cc(/C=C/C(=O)Nc2ccccc2C)ccc1OC. The summed E-state index contributed by atoms with van der Waals surface area (Å²) in [7, 11) is 1.59. The zero-order chi connectivity index (χ0) is 18.8. The average Bonchev–Trinajstić information content (AvgIpc) is 2.65. The third-order valence-corrected chi connectivity index (χ3v) is 3.74. The van der Waals surface area contributed by atoms with Crippen molar-refractivity contribution < 1.29 is 14.3 Å². The lowest BCUT2D eigenvalue weighted by atomic mass is 10.1. The van der Waals surface area contributed by atoms with Crippen molar-refractivity contribution in [1.29, 1.82) is 0 Å². The number of amides is 1. The Morgan fingerprint density at radius 3 is 2.77 bits per heavy atom. The fourth-order valence-electron chi connectivity index (χ4n) is 2.33. The molecule has 134 valence electrons. The monoisotopic (exact) mass is 349 g/mol. The molecule has 1 N–H and O–H groups in total. The second-order valence-corrected chi connectivity index (χ2v) is 5.70. The molecule has 1 amide bonds. The summed E-state index contributed by atoms with van der Waals surface area (Å²) in [5.41, 5.74) is 2.66. The van der Waals surface area contributed by atoms with E-state index in [1.54, 1.807) is 13.2 Å². The first kappa shape index (κ1) is 19.1. The normalized spacial score (nSPS) is 10.3. The van der Waals surface area contributed by atoms with Crippen LogP contribution >= 0.6 is 0 Å². The summed E-state index contributed by atoms with van der Waals surface area (Å²) in [6.45, 7) is 2.47. The predicted molar refractivity (Wildman–Crippen MR) is 105 cm³/mol. The van der Waals surface area contributed by atoms with E-state index in [9.17, 15) is 4.79 Å². The van der Waals surface area contributed by atoms with E-state index in [2.05, 4.69) is 11.2 Å². The Morgan fingerprint density at radius 2 is 2.04 bits per heavy atom. The van der Waals surface area contributed by atoms with Crippen molar-refractivity contribution in [2.24, 2.45) is 0 Å². The molecule has 0 aromatic heterocycles. The average molecular weight is 349 g/mol. The van der Waals surface area contributed by atoms with Gasteiger partial charge in [0.2, 0.25) is 5.91 Å². The summed E-state index contributed by atoms with van der Waals surface area (Å²) >= 11 is 0. The van der Waals surface area contributed by atoms with Gasteiger partial charge in [-0.05, 0) is 48.7 Å². The van der Waals surface area contributed by atoms with E-state index in [-0.39, 0.29) is 5.91 Å². The highest BCUT2D eigenvalue weighted by atomic mass is 16.5. The van der Waals surface area contributed by atoms with Crippen LogP contribution in [0.25, 0.3) is 6.08 Å². The standard InChI is InChI=1S/C22H23NO3/c1-4-5-8-15-26-21-16-18(11-13-20(21)25-3)12-14-22(24)23-19-10-7-6-9-17(19)2/h1,6-7,9-14,16H,5,8,15H2,2-3H3,(H,23,24)/b14-12+. The van der Waals surface area contributed by atoms with Gasteiger partial charge in [-0.1, -0.05) is 24.3 Å². The van der Waals surface area contributed by atoms with Crippen molar-refractivity contribution in [3.8, 4) is 23.8 Å². The molecule has 0 bridgehead atoms. The Labute approximate surface area is 154 Å². The molecule has 0 unspecified atom stereocenters. The van der Waals surface area contributed by atoms with E-state index in [4.69, 9.17) is 15.9 Å². The minimum absolute atomic E-state index is 0.188. The van der Waals surface area contributed by atoms with Gasteiger partial charge in [0.05, 0.1) is 13.7 Å². The van der Waals surface area contributed by atoms with Crippen molar-refractivity contribution in [3.63, 3.8) is 0 Å². The Bertz CT molecular complexity index is 818. The summed E-state index contributed by atoms with van der Waals surface area (Å²) in [6, 6.07) is 13.2. The fraction of sp³-hybridized carbons (Fsp3) is 0.227. The number of rotatable bonds is 8. The third-order valence-electron chi connectivity index (χ3n) is 3.74. The minimum atomic E-state index is -0.188. The van der Waals surface area contributed by atoms with Crippen LogP contribution in [0.5, 0.6) is 11.5 Å². The molecule has 0 saturated carbocycles. The first-order valence-corrected chi connectivity index (χ1v) is 8.43. The Balaban J connectivity index is 2.03. The highest BCUT2D eigenvalue weighted by molar-refractivity contribution is 6.02. The molecule has 0 heterocycles. The quantitative estimate of drug-likeness (QED) is 0.435.